The van der Waals surface area contributed by atoms with E-state index >= 15 is 0 Å². The summed E-state index contributed by atoms with van der Waals surface area (Å²) in [5.74, 6) is -0.970. The smallest absolute Gasteiger partial charge is 0.306 e. The van der Waals surface area contributed by atoms with Crippen LogP contribution in [-0.2, 0) is 9.59 Å². The predicted octanol–water partition coefficient (Wildman–Crippen LogP) is 1.48. The summed E-state index contributed by atoms with van der Waals surface area (Å²) in [6.45, 7) is 4.70. The number of hydrogen-bond donors (Lipinski definition) is 2. The summed E-state index contributed by atoms with van der Waals surface area (Å²) >= 11 is 0. The number of amides is 1. The van der Waals surface area contributed by atoms with Gasteiger partial charge in [0.2, 0.25) is 5.91 Å². The minimum absolute atomic E-state index is 0.0836. The Morgan fingerprint density at radius 1 is 1.15 bits per heavy atom. The van der Waals surface area contributed by atoms with Crippen molar-refractivity contribution in [2.24, 2.45) is 11.8 Å². The molecule has 0 radical (unpaired) electrons. The first kappa shape index (κ1) is 15.3. The third-order valence-electron chi connectivity index (χ3n) is 4.75. The number of carboxylic acids is 1. The van der Waals surface area contributed by atoms with Crippen molar-refractivity contribution in [3.05, 3.63) is 0 Å². The first-order valence-electron chi connectivity index (χ1n) is 7.87. The summed E-state index contributed by atoms with van der Waals surface area (Å²) in [6.07, 6.45) is 4.97. The van der Waals surface area contributed by atoms with Gasteiger partial charge < -0.3 is 15.3 Å². The van der Waals surface area contributed by atoms with Gasteiger partial charge in [-0.25, -0.2) is 0 Å². The highest BCUT2D eigenvalue weighted by molar-refractivity contribution is 5.80. The standard InChI is InChI=1S/C15H26N2O3/c1-2-17(13-6-8-16-9-7-13)14(18)11-4-3-5-12(10-11)15(19)20/h11-13,16H,2-10H2,1H3,(H,19,20). The normalized spacial score (nSPS) is 28.1. The van der Waals surface area contributed by atoms with Crippen molar-refractivity contribution < 1.29 is 14.7 Å². The van der Waals surface area contributed by atoms with E-state index in [0.717, 1.165) is 51.7 Å². The molecule has 1 saturated carbocycles. The molecule has 2 unspecified atom stereocenters. The molecule has 5 heteroatoms. The molecule has 0 bridgehead atoms. The molecule has 20 heavy (non-hydrogen) atoms. The highest BCUT2D eigenvalue weighted by Gasteiger charge is 2.35. The fourth-order valence-electron chi connectivity index (χ4n) is 3.59. The van der Waals surface area contributed by atoms with Crippen LogP contribution in [0.4, 0.5) is 0 Å². The van der Waals surface area contributed by atoms with Crippen LogP contribution < -0.4 is 5.32 Å². The molecule has 1 aliphatic carbocycles. The Balaban J connectivity index is 1.98. The molecule has 0 aromatic rings. The number of hydrogen-bond acceptors (Lipinski definition) is 3. The summed E-state index contributed by atoms with van der Waals surface area (Å²) < 4.78 is 0. The number of nitrogens with zero attached hydrogens (tertiary/aromatic N) is 1. The molecule has 1 heterocycles. The lowest BCUT2D eigenvalue weighted by atomic mass is 9.80. The van der Waals surface area contributed by atoms with Crippen molar-refractivity contribution in [1.82, 2.24) is 10.2 Å². The van der Waals surface area contributed by atoms with Gasteiger partial charge in [-0.3, -0.25) is 9.59 Å². The van der Waals surface area contributed by atoms with Crippen molar-refractivity contribution in [3.8, 4) is 0 Å². The van der Waals surface area contributed by atoms with Crippen LogP contribution in [0.3, 0.4) is 0 Å². The number of rotatable bonds is 4. The van der Waals surface area contributed by atoms with Gasteiger partial charge in [0.1, 0.15) is 0 Å². The maximum absolute atomic E-state index is 12.7. The van der Waals surface area contributed by atoms with Crippen molar-refractivity contribution in [1.29, 1.82) is 0 Å². The zero-order valence-corrected chi connectivity index (χ0v) is 12.3. The van der Waals surface area contributed by atoms with Gasteiger partial charge in [0.15, 0.2) is 0 Å². The van der Waals surface area contributed by atoms with E-state index in [1.165, 1.54) is 0 Å². The third-order valence-corrected chi connectivity index (χ3v) is 4.75. The Morgan fingerprint density at radius 3 is 2.40 bits per heavy atom. The van der Waals surface area contributed by atoms with Crippen molar-refractivity contribution in [2.45, 2.75) is 51.5 Å². The van der Waals surface area contributed by atoms with Crippen LogP contribution in [0, 0.1) is 11.8 Å². The van der Waals surface area contributed by atoms with Gasteiger partial charge in [-0.2, -0.15) is 0 Å². The summed E-state index contributed by atoms with van der Waals surface area (Å²) in [4.78, 5) is 25.8. The van der Waals surface area contributed by atoms with Crippen LogP contribution in [0.15, 0.2) is 0 Å². The van der Waals surface area contributed by atoms with Crippen molar-refractivity contribution >= 4 is 11.9 Å². The first-order valence-corrected chi connectivity index (χ1v) is 7.87. The highest BCUT2D eigenvalue weighted by atomic mass is 16.4. The average Bonchev–Trinajstić information content (AvgIpc) is 2.49. The van der Waals surface area contributed by atoms with Crippen LogP contribution in [0.2, 0.25) is 0 Å². The van der Waals surface area contributed by atoms with Crippen LogP contribution in [0.5, 0.6) is 0 Å². The molecule has 0 aromatic heterocycles. The van der Waals surface area contributed by atoms with E-state index in [1.807, 2.05) is 11.8 Å². The third kappa shape index (κ3) is 3.51. The SMILES string of the molecule is CCN(C(=O)C1CCCC(C(=O)O)C1)C1CCNCC1. The molecule has 114 valence electrons. The van der Waals surface area contributed by atoms with E-state index in [-0.39, 0.29) is 17.7 Å². The number of carbonyl (C=O) groups excluding carboxylic acids is 1. The minimum Gasteiger partial charge on any atom is -0.481 e. The van der Waals surface area contributed by atoms with E-state index in [2.05, 4.69) is 5.32 Å². The molecule has 0 aromatic carbocycles. The summed E-state index contributed by atoms with van der Waals surface area (Å²) in [6, 6.07) is 0.332. The summed E-state index contributed by atoms with van der Waals surface area (Å²) in [5, 5.41) is 12.5. The lowest BCUT2D eigenvalue weighted by molar-refractivity contribution is -0.146. The second kappa shape index (κ2) is 7.07. The lowest BCUT2D eigenvalue weighted by Crippen LogP contribution is -2.48. The topological polar surface area (TPSA) is 69.6 Å². The molecule has 2 atom stereocenters. The molecule has 2 aliphatic rings. The Kier molecular flexibility index (Phi) is 5.40. The fourth-order valence-corrected chi connectivity index (χ4v) is 3.59. The van der Waals surface area contributed by atoms with E-state index in [0.29, 0.717) is 12.5 Å². The quantitative estimate of drug-likeness (QED) is 0.819. The fraction of sp³-hybridized carbons (Fsp3) is 0.867. The predicted molar refractivity (Wildman–Crippen MR) is 76.4 cm³/mol. The molecule has 0 spiro atoms. The Morgan fingerprint density at radius 2 is 1.80 bits per heavy atom. The molecule has 2 rings (SSSR count). The zero-order chi connectivity index (χ0) is 14.5. The molecule has 2 fully saturated rings. The molecular formula is C15H26N2O3. The molecule has 5 nitrogen and oxygen atoms in total. The average molecular weight is 282 g/mol. The van der Waals surface area contributed by atoms with Crippen molar-refractivity contribution in [3.63, 3.8) is 0 Å². The van der Waals surface area contributed by atoms with Gasteiger partial charge in [-0.15, -0.1) is 0 Å². The van der Waals surface area contributed by atoms with Crippen LogP contribution in [0.25, 0.3) is 0 Å². The van der Waals surface area contributed by atoms with Crippen LogP contribution in [0.1, 0.15) is 45.4 Å². The molecular weight excluding hydrogens is 256 g/mol. The minimum atomic E-state index is -0.743. The summed E-state index contributed by atoms with van der Waals surface area (Å²) in [5.41, 5.74) is 0. The van der Waals surface area contributed by atoms with Gasteiger partial charge in [-0.05, 0) is 52.1 Å². The van der Waals surface area contributed by atoms with E-state index in [9.17, 15) is 9.59 Å². The number of aliphatic carboxylic acids is 1. The number of carbonyl (C=O) groups is 2. The van der Waals surface area contributed by atoms with Gasteiger partial charge >= 0.3 is 5.97 Å². The maximum Gasteiger partial charge on any atom is 0.306 e. The Bertz CT molecular complexity index is 353. The molecule has 1 saturated heterocycles. The molecule has 1 amide bonds. The van der Waals surface area contributed by atoms with Crippen LogP contribution >= 0.6 is 0 Å². The van der Waals surface area contributed by atoms with Gasteiger partial charge in [0.05, 0.1) is 5.92 Å². The van der Waals surface area contributed by atoms with E-state index in [1.54, 1.807) is 0 Å². The number of nitrogens with one attached hydrogen (secondary N) is 1. The second-order valence-corrected chi connectivity index (χ2v) is 6.00. The number of carboxylic acid groups (broad SMARTS) is 1. The van der Waals surface area contributed by atoms with E-state index in [4.69, 9.17) is 5.11 Å². The van der Waals surface area contributed by atoms with Gasteiger partial charge in [-0.1, -0.05) is 6.42 Å². The Hall–Kier alpha value is -1.10. The van der Waals surface area contributed by atoms with Crippen molar-refractivity contribution in [2.75, 3.05) is 19.6 Å². The largest absolute Gasteiger partial charge is 0.481 e. The maximum atomic E-state index is 12.7. The lowest BCUT2D eigenvalue weighted by Gasteiger charge is -2.37. The van der Waals surface area contributed by atoms with Gasteiger partial charge in [0.25, 0.3) is 0 Å². The first-order chi connectivity index (χ1) is 9.63. The van der Waals surface area contributed by atoms with Gasteiger partial charge in [0, 0.05) is 18.5 Å². The van der Waals surface area contributed by atoms with Crippen LogP contribution in [-0.4, -0.2) is 47.6 Å². The monoisotopic (exact) mass is 282 g/mol. The highest BCUT2D eigenvalue weighted by Crippen LogP contribution is 2.31. The summed E-state index contributed by atoms with van der Waals surface area (Å²) in [7, 11) is 0. The Labute approximate surface area is 120 Å². The second-order valence-electron chi connectivity index (χ2n) is 6.00. The van der Waals surface area contributed by atoms with E-state index < -0.39 is 5.97 Å². The molecule has 1 aliphatic heterocycles. The molecule has 2 N–H and O–H groups in total. The zero-order valence-electron chi connectivity index (χ0n) is 12.3. The number of piperidine rings is 1.